The molecular weight excluding hydrogens is 279 g/mol. The lowest BCUT2D eigenvalue weighted by Crippen LogP contribution is -2.45. The molecule has 2 saturated heterocycles. The van der Waals surface area contributed by atoms with Gasteiger partial charge in [0.05, 0.1) is 0 Å². The smallest absolute Gasteiger partial charge is 0.0465 e. The van der Waals surface area contributed by atoms with E-state index in [9.17, 15) is 0 Å². The van der Waals surface area contributed by atoms with Gasteiger partial charge in [0.2, 0.25) is 0 Å². The molecule has 4 heteroatoms. The number of hydrogen-bond acceptors (Lipinski definition) is 2. The Morgan fingerprint density at radius 3 is 2.95 bits per heavy atom. The van der Waals surface area contributed by atoms with Gasteiger partial charge in [-0.1, -0.05) is 29.3 Å². The van der Waals surface area contributed by atoms with E-state index in [2.05, 4.69) is 10.2 Å². The molecule has 2 atom stereocenters. The quantitative estimate of drug-likeness (QED) is 0.915. The number of fused-ring (bicyclic) bond motifs is 1. The van der Waals surface area contributed by atoms with E-state index in [0.717, 1.165) is 23.2 Å². The fraction of sp³-hybridized carbons (Fsp3) is 0.600. The Kier molecular flexibility index (Phi) is 4.33. The third-order valence-electron chi connectivity index (χ3n) is 4.42. The van der Waals surface area contributed by atoms with Crippen LogP contribution in [0.3, 0.4) is 0 Å². The molecule has 1 aromatic rings. The van der Waals surface area contributed by atoms with E-state index in [1.165, 1.54) is 38.8 Å². The van der Waals surface area contributed by atoms with Crippen molar-refractivity contribution in [1.82, 2.24) is 10.2 Å². The Morgan fingerprint density at radius 2 is 2.11 bits per heavy atom. The molecule has 0 bridgehead atoms. The van der Waals surface area contributed by atoms with Gasteiger partial charge < -0.3 is 10.2 Å². The highest BCUT2D eigenvalue weighted by Crippen LogP contribution is 2.27. The van der Waals surface area contributed by atoms with Crippen LogP contribution < -0.4 is 5.32 Å². The molecule has 19 heavy (non-hydrogen) atoms. The van der Waals surface area contributed by atoms with E-state index < -0.39 is 0 Å². The summed E-state index contributed by atoms with van der Waals surface area (Å²) in [5, 5.41) is 5.12. The molecule has 104 valence electrons. The lowest BCUT2D eigenvalue weighted by atomic mass is 9.97. The summed E-state index contributed by atoms with van der Waals surface area (Å²) >= 11 is 12.1. The first-order valence-corrected chi connectivity index (χ1v) is 7.89. The summed E-state index contributed by atoms with van der Waals surface area (Å²) in [6, 6.07) is 7.18. The lowest BCUT2D eigenvalue weighted by Gasteiger charge is -2.35. The number of rotatable bonds is 3. The van der Waals surface area contributed by atoms with E-state index in [4.69, 9.17) is 23.2 Å². The van der Waals surface area contributed by atoms with Crippen LogP contribution in [0, 0.1) is 0 Å². The minimum absolute atomic E-state index is 0.631. The molecule has 2 nitrogen and oxygen atoms in total. The zero-order valence-corrected chi connectivity index (χ0v) is 12.6. The summed E-state index contributed by atoms with van der Waals surface area (Å²) in [4.78, 5) is 2.65. The highest BCUT2D eigenvalue weighted by molar-refractivity contribution is 6.35. The molecule has 2 heterocycles. The number of piperidine rings is 1. The molecule has 1 aromatic carbocycles. The molecule has 2 fully saturated rings. The van der Waals surface area contributed by atoms with Crippen LogP contribution in [0.5, 0.6) is 0 Å². The average molecular weight is 299 g/mol. The van der Waals surface area contributed by atoms with E-state index in [1.54, 1.807) is 0 Å². The van der Waals surface area contributed by atoms with Gasteiger partial charge in [0.15, 0.2) is 0 Å². The topological polar surface area (TPSA) is 15.3 Å². The van der Waals surface area contributed by atoms with Crippen LogP contribution >= 0.6 is 23.2 Å². The molecule has 0 saturated carbocycles. The van der Waals surface area contributed by atoms with Crippen molar-refractivity contribution in [3.05, 3.63) is 33.8 Å². The molecule has 0 amide bonds. The molecule has 0 aliphatic carbocycles. The molecule has 1 N–H and O–H groups in total. The van der Waals surface area contributed by atoms with Gasteiger partial charge in [-0.2, -0.15) is 0 Å². The van der Waals surface area contributed by atoms with Crippen LogP contribution in [0.25, 0.3) is 0 Å². The van der Waals surface area contributed by atoms with Crippen molar-refractivity contribution in [2.45, 2.75) is 44.3 Å². The fourth-order valence-corrected chi connectivity index (χ4v) is 3.80. The second kappa shape index (κ2) is 6.01. The molecule has 2 unspecified atom stereocenters. The van der Waals surface area contributed by atoms with Crippen molar-refractivity contribution in [2.75, 3.05) is 13.1 Å². The van der Waals surface area contributed by atoms with Crippen molar-refractivity contribution < 1.29 is 0 Å². The number of halogens is 2. The van der Waals surface area contributed by atoms with Gasteiger partial charge in [-0.25, -0.2) is 0 Å². The zero-order valence-electron chi connectivity index (χ0n) is 11.0. The first-order chi connectivity index (χ1) is 9.22. The van der Waals surface area contributed by atoms with E-state index in [1.807, 2.05) is 18.2 Å². The van der Waals surface area contributed by atoms with Crippen molar-refractivity contribution in [3.63, 3.8) is 0 Å². The third kappa shape index (κ3) is 3.25. The van der Waals surface area contributed by atoms with Gasteiger partial charge in [0.1, 0.15) is 0 Å². The molecule has 0 aromatic heterocycles. The Bertz CT molecular complexity index is 450. The number of benzene rings is 1. The fourth-order valence-electron chi connectivity index (χ4n) is 3.33. The molecule has 0 spiro atoms. The van der Waals surface area contributed by atoms with Crippen LogP contribution in [-0.4, -0.2) is 30.1 Å². The van der Waals surface area contributed by atoms with Gasteiger partial charge in [-0.15, -0.1) is 0 Å². The first kappa shape index (κ1) is 13.7. The highest BCUT2D eigenvalue weighted by Gasteiger charge is 2.31. The Labute approximate surface area is 125 Å². The van der Waals surface area contributed by atoms with Gasteiger partial charge in [-0.05, 0) is 56.5 Å². The van der Waals surface area contributed by atoms with E-state index in [-0.39, 0.29) is 0 Å². The van der Waals surface area contributed by atoms with Gasteiger partial charge in [0.25, 0.3) is 0 Å². The second-order valence-electron chi connectivity index (χ2n) is 5.67. The maximum absolute atomic E-state index is 6.20. The molecule has 2 aliphatic rings. The molecule has 3 rings (SSSR count). The van der Waals surface area contributed by atoms with Gasteiger partial charge >= 0.3 is 0 Å². The van der Waals surface area contributed by atoms with Gasteiger partial charge in [0, 0.05) is 28.7 Å². The lowest BCUT2D eigenvalue weighted by molar-refractivity contribution is 0.166. The van der Waals surface area contributed by atoms with Gasteiger partial charge in [-0.3, -0.25) is 0 Å². The standard InChI is InChI=1S/C15H20Cl2N2/c16-12-4-3-11(15(17)8-12)10-18-13-5-7-19-6-1-2-14(19)9-13/h3-4,8,13-14,18H,1-2,5-7,9-10H2. The van der Waals surface area contributed by atoms with Crippen LogP contribution in [0.1, 0.15) is 31.2 Å². The minimum atomic E-state index is 0.631. The van der Waals surface area contributed by atoms with E-state index >= 15 is 0 Å². The molecular formula is C15H20Cl2N2. The van der Waals surface area contributed by atoms with Crippen LogP contribution in [0.15, 0.2) is 18.2 Å². The molecule has 0 radical (unpaired) electrons. The zero-order chi connectivity index (χ0) is 13.2. The number of nitrogens with zero attached hydrogens (tertiary/aromatic N) is 1. The first-order valence-electron chi connectivity index (χ1n) is 7.14. The number of nitrogens with one attached hydrogen (secondary N) is 1. The summed E-state index contributed by atoms with van der Waals surface area (Å²) in [5.41, 5.74) is 1.14. The Morgan fingerprint density at radius 1 is 1.21 bits per heavy atom. The third-order valence-corrected chi connectivity index (χ3v) is 5.00. The highest BCUT2D eigenvalue weighted by atomic mass is 35.5. The van der Waals surface area contributed by atoms with Crippen LogP contribution in [-0.2, 0) is 6.54 Å². The summed E-state index contributed by atoms with van der Waals surface area (Å²) in [5.74, 6) is 0. The Hall–Kier alpha value is -0.280. The monoisotopic (exact) mass is 298 g/mol. The predicted octanol–water partition coefficient (Wildman–Crippen LogP) is 3.71. The van der Waals surface area contributed by atoms with Crippen molar-refractivity contribution in [2.24, 2.45) is 0 Å². The predicted molar refractivity (Wildman–Crippen MR) is 80.9 cm³/mol. The van der Waals surface area contributed by atoms with E-state index in [0.29, 0.717) is 11.1 Å². The maximum Gasteiger partial charge on any atom is 0.0465 e. The summed E-state index contributed by atoms with van der Waals surface area (Å²) in [6.45, 7) is 3.39. The van der Waals surface area contributed by atoms with Crippen LogP contribution in [0.2, 0.25) is 10.0 Å². The largest absolute Gasteiger partial charge is 0.310 e. The average Bonchev–Trinajstić information content (AvgIpc) is 2.85. The maximum atomic E-state index is 6.20. The summed E-state index contributed by atoms with van der Waals surface area (Å²) in [6.07, 6.45) is 5.28. The molecule has 2 aliphatic heterocycles. The SMILES string of the molecule is Clc1ccc(CNC2CCN3CCCC3C2)c(Cl)c1. The van der Waals surface area contributed by atoms with Crippen molar-refractivity contribution in [1.29, 1.82) is 0 Å². The van der Waals surface area contributed by atoms with Crippen molar-refractivity contribution >= 4 is 23.2 Å². The normalized spacial score (nSPS) is 27.5. The second-order valence-corrected chi connectivity index (χ2v) is 6.51. The minimum Gasteiger partial charge on any atom is -0.310 e. The van der Waals surface area contributed by atoms with Crippen LogP contribution in [0.4, 0.5) is 0 Å². The summed E-state index contributed by atoms with van der Waals surface area (Å²) in [7, 11) is 0. The summed E-state index contributed by atoms with van der Waals surface area (Å²) < 4.78 is 0. The van der Waals surface area contributed by atoms with Crippen molar-refractivity contribution in [3.8, 4) is 0 Å². The number of hydrogen-bond donors (Lipinski definition) is 1. The Balaban J connectivity index is 1.54.